The van der Waals surface area contributed by atoms with Gasteiger partial charge in [-0.05, 0) is 37.3 Å². The number of rotatable bonds is 6. The fraction of sp³-hybridized carbons (Fsp3) is 0.240. The predicted octanol–water partition coefficient (Wildman–Crippen LogP) is 5.43. The molecule has 1 unspecified atom stereocenters. The number of aliphatic hydroxyl groups is 1. The van der Waals surface area contributed by atoms with Gasteiger partial charge in [0.15, 0.2) is 5.60 Å². The smallest absolute Gasteiger partial charge is 0.336 e. The van der Waals surface area contributed by atoms with E-state index in [1.54, 1.807) is 6.07 Å². The first-order chi connectivity index (χ1) is 14.0. The zero-order chi connectivity index (χ0) is 20.4. The van der Waals surface area contributed by atoms with Crippen LogP contribution in [0.4, 0.5) is 0 Å². The number of halogens is 1. The van der Waals surface area contributed by atoms with Gasteiger partial charge in [0, 0.05) is 21.7 Å². The average molecular weight is 407 g/mol. The van der Waals surface area contributed by atoms with Gasteiger partial charge in [-0.3, -0.25) is 0 Å². The van der Waals surface area contributed by atoms with Gasteiger partial charge >= 0.3 is 5.97 Å². The van der Waals surface area contributed by atoms with Crippen LogP contribution in [0.2, 0.25) is 5.02 Å². The maximum atomic E-state index is 12.7. The van der Waals surface area contributed by atoms with Gasteiger partial charge in [-0.25, -0.2) is 4.79 Å². The van der Waals surface area contributed by atoms with Crippen LogP contribution >= 0.6 is 11.6 Å². The van der Waals surface area contributed by atoms with E-state index in [2.05, 4.69) is 12.1 Å². The summed E-state index contributed by atoms with van der Waals surface area (Å²) < 4.78 is 6.08. The van der Waals surface area contributed by atoms with E-state index in [9.17, 15) is 9.90 Å². The highest BCUT2D eigenvalue weighted by Gasteiger charge is 2.43. The Morgan fingerprint density at radius 1 is 0.966 bits per heavy atom. The Kier molecular flexibility index (Phi) is 5.44. The number of esters is 1. The van der Waals surface area contributed by atoms with Gasteiger partial charge in [0.25, 0.3) is 0 Å². The summed E-state index contributed by atoms with van der Waals surface area (Å²) in [5.74, 6) is -0.0875. The van der Waals surface area contributed by atoms with Crippen molar-refractivity contribution in [3.05, 3.63) is 106 Å². The molecule has 29 heavy (non-hydrogen) atoms. The second-order valence-electron chi connectivity index (χ2n) is 7.52. The molecule has 1 aliphatic rings. The van der Waals surface area contributed by atoms with Crippen LogP contribution in [-0.4, -0.2) is 17.2 Å². The highest BCUT2D eigenvalue weighted by Crippen LogP contribution is 2.45. The van der Waals surface area contributed by atoms with Crippen molar-refractivity contribution in [2.45, 2.75) is 37.4 Å². The fourth-order valence-electron chi connectivity index (χ4n) is 3.71. The van der Waals surface area contributed by atoms with Crippen LogP contribution in [0.5, 0.6) is 0 Å². The summed E-state index contributed by atoms with van der Waals surface area (Å²) in [4.78, 5) is 12.7. The molecule has 148 valence electrons. The lowest BCUT2D eigenvalue weighted by Gasteiger charge is -2.36. The van der Waals surface area contributed by atoms with Crippen molar-refractivity contribution in [1.82, 2.24) is 0 Å². The lowest BCUT2D eigenvalue weighted by atomic mass is 9.79. The third-order valence-corrected chi connectivity index (χ3v) is 5.72. The molecule has 4 heteroatoms. The first kappa shape index (κ1) is 19.7. The van der Waals surface area contributed by atoms with Crippen molar-refractivity contribution >= 4 is 17.6 Å². The largest absolute Gasteiger partial charge is 0.442 e. The van der Waals surface area contributed by atoms with Gasteiger partial charge in [-0.1, -0.05) is 84.4 Å². The molecule has 1 N–H and O–H groups in total. The van der Waals surface area contributed by atoms with Crippen molar-refractivity contribution in [3.63, 3.8) is 0 Å². The average Bonchev–Trinajstić information content (AvgIpc) is 3.59. The van der Waals surface area contributed by atoms with Crippen LogP contribution in [0.1, 0.15) is 47.9 Å². The maximum absolute atomic E-state index is 12.7. The molecule has 3 nitrogen and oxygen atoms in total. The van der Waals surface area contributed by atoms with Crippen LogP contribution in [0.15, 0.2) is 78.9 Å². The fourth-order valence-corrected chi connectivity index (χ4v) is 3.98. The summed E-state index contributed by atoms with van der Waals surface area (Å²) in [7, 11) is 0. The summed E-state index contributed by atoms with van der Waals surface area (Å²) in [6, 6.07) is 25.1. The molecule has 0 heterocycles. The zero-order valence-corrected chi connectivity index (χ0v) is 17.0. The summed E-state index contributed by atoms with van der Waals surface area (Å²) in [5.41, 5.74) is 2.23. The van der Waals surface area contributed by atoms with Gasteiger partial charge in [-0.15, -0.1) is 0 Å². The maximum Gasteiger partial charge on any atom is 0.336 e. The minimum absolute atomic E-state index is 0.487. The summed E-state index contributed by atoms with van der Waals surface area (Å²) in [5, 5.41) is 10.4. The van der Waals surface area contributed by atoms with Crippen molar-refractivity contribution in [2.75, 3.05) is 0 Å². The second kappa shape index (κ2) is 8.02. The first-order valence-electron chi connectivity index (χ1n) is 9.84. The molecule has 1 saturated carbocycles. The van der Waals surface area contributed by atoms with Crippen LogP contribution in [0.25, 0.3) is 0 Å². The molecule has 1 aliphatic carbocycles. The molecule has 0 aromatic heterocycles. The van der Waals surface area contributed by atoms with E-state index >= 15 is 0 Å². The number of ether oxygens (including phenoxy) is 1. The molecule has 0 radical (unpaired) electrons. The lowest BCUT2D eigenvalue weighted by molar-refractivity contribution is -0.162. The van der Waals surface area contributed by atoms with E-state index in [1.165, 1.54) is 25.3 Å². The summed E-state index contributed by atoms with van der Waals surface area (Å²) >= 11 is 6.61. The molecule has 4 rings (SSSR count). The van der Waals surface area contributed by atoms with Crippen LogP contribution in [0.3, 0.4) is 0 Å². The highest BCUT2D eigenvalue weighted by molar-refractivity contribution is 6.31. The van der Waals surface area contributed by atoms with E-state index in [0.717, 1.165) is 11.1 Å². The van der Waals surface area contributed by atoms with Crippen LogP contribution in [-0.2, 0) is 15.1 Å². The number of hydrogen-bond acceptors (Lipinski definition) is 3. The Hall–Kier alpha value is -2.62. The van der Waals surface area contributed by atoms with E-state index in [4.69, 9.17) is 16.3 Å². The number of aliphatic hydroxyl groups excluding tert-OH is 1. The quantitative estimate of drug-likeness (QED) is 0.438. The van der Waals surface area contributed by atoms with Crippen LogP contribution < -0.4 is 0 Å². The monoisotopic (exact) mass is 406 g/mol. The number of hydrogen-bond donors (Lipinski definition) is 1. The van der Waals surface area contributed by atoms with E-state index in [0.29, 0.717) is 16.5 Å². The minimum Gasteiger partial charge on any atom is -0.442 e. The minimum atomic E-state index is -1.27. The van der Waals surface area contributed by atoms with Gasteiger partial charge < -0.3 is 9.84 Å². The zero-order valence-electron chi connectivity index (χ0n) is 16.2. The molecular weight excluding hydrogens is 384 g/mol. The van der Waals surface area contributed by atoms with Gasteiger partial charge in [0.05, 0.1) is 0 Å². The predicted molar refractivity (Wildman–Crippen MR) is 114 cm³/mol. The molecule has 0 bridgehead atoms. The molecule has 0 amide bonds. The van der Waals surface area contributed by atoms with E-state index in [-0.39, 0.29) is 0 Å². The third-order valence-electron chi connectivity index (χ3n) is 5.39. The standard InChI is InChI=1S/C25H23ClO3/c1-17(27)24(28)29-25(20-7-3-2-4-8-20,22-9-5-6-10-23(22)26)21-15-13-19(14-16-21)18-11-12-18/h2-10,13-18,27H,11-12H2,1H3/t17-,25?/m1/s1. The Labute approximate surface area is 175 Å². The molecule has 1 fully saturated rings. The molecule has 2 atom stereocenters. The van der Waals surface area contributed by atoms with Crippen molar-refractivity contribution < 1.29 is 14.6 Å². The van der Waals surface area contributed by atoms with Crippen molar-refractivity contribution in [2.24, 2.45) is 0 Å². The van der Waals surface area contributed by atoms with Crippen molar-refractivity contribution in [3.8, 4) is 0 Å². The number of carbonyl (C=O) groups is 1. The Balaban J connectivity index is 1.96. The third kappa shape index (κ3) is 3.81. The topological polar surface area (TPSA) is 46.5 Å². The SMILES string of the molecule is C[C@@H](O)C(=O)OC(c1ccccc1)(c1ccc(C2CC2)cc1)c1ccccc1Cl. The first-order valence-corrected chi connectivity index (χ1v) is 10.2. The number of benzene rings is 3. The summed E-state index contributed by atoms with van der Waals surface area (Å²) in [6.07, 6.45) is 1.17. The second-order valence-corrected chi connectivity index (χ2v) is 7.93. The van der Waals surface area contributed by atoms with Crippen molar-refractivity contribution in [1.29, 1.82) is 0 Å². The highest BCUT2D eigenvalue weighted by atomic mass is 35.5. The molecule has 0 saturated heterocycles. The lowest BCUT2D eigenvalue weighted by Crippen LogP contribution is -2.38. The van der Waals surface area contributed by atoms with Gasteiger partial charge in [-0.2, -0.15) is 0 Å². The molecule has 3 aromatic carbocycles. The molecule has 3 aromatic rings. The molecule has 0 aliphatic heterocycles. The molecule has 0 spiro atoms. The Morgan fingerprint density at radius 3 is 2.14 bits per heavy atom. The Bertz CT molecular complexity index is 994. The number of carbonyl (C=O) groups excluding carboxylic acids is 1. The van der Waals surface area contributed by atoms with E-state index < -0.39 is 17.7 Å². The van der Waals surface area contributed by atoms with Crippen LogP contribution in [0, 0.1) is 0 Å². The Morgan fingerprint density at radius 2 is 1.55 bits per heavy atom. The molecular formula is C25H23ClO3. The van der Waals surface area contributed by atoms with E-state index in [1.807, 2.05) is 60.7 Å². The van der Waals surface area contributed by atoms with Gasteiger partial charge in [0.1, 0.15) is 6.10 Å². The normalized spacial score (nSPS) is 16.7. The summed E-state index contributed by atoms with van der Waals surface area (Å²) in [6.45, 7) is 1.40. The van der Waals surface area contributed by atoms with Gasteiger partial charge in [0.2, 0.25) is 0 Å².